The molecule has 0 aliphatic carbocycles. The van der Waals surface area contributed by atoms with Crippen LogP contribution in [0.2, 0.25) is 0 Å². The molecule has 1 aromatic carbocycles. The van der Waals surface area contributed by atoms with Crippen molar-refractivity contribution in [3.63, 3.8) is 0 Å². The SMILES string of the molecule is Cc1ccccc1SC1CCN(C(=O)CN(C)C2CCS(=O)(=O)C2)CC1. The summed E-state index contributed by atoms with van der Waals surface area (Å²) in [5.41, 5.74) is 1.31. The molecule has 0 saturated carbocycles. The Morgan fingerprint density at radius 3 is 2.54 bits per heavy atom. The molecule has 5 nitrogen and oxygen atoms in total. The maximum absolute atomic E-state index is 12.6. The van der Waals surface area contributed by atoms with Gasteiger partial charge in [0.15, 0.2) is 9.84 Å². The number of thioether (sulfide) groups is 1. The highest BCUT2D eigenvalue weighted by Gasteiger charge is 2.32. The topological polar surface area (TPSA) is 57.7 Å². The van der Waals surface area contributed by atoms with Crippen molar-refractivity contribution in [3.05, 3.63) is 29.8 Å². The van der Waals surface area contributed by atoms with Crippen molar-refractivity contribution in [1.29, 1.82) is 0 Å². The molecular formula is C19H28N2O3S2. The number of piperidine rings is 1. The van der Waals surface area contributed by atoms with Crippen molar-refractivity contribution >= 4 is 27.5 Å². The van der Waals surface area contributed by atoms with Gasteiger partial charge < -0.3 is 4.90 Å². The zero-order valence-electron chi connectivity index (χ0n) is 15.6. The number of hydrogen-bond acceptors (Lipinski definition) is 5. The van der Waals surface area contributed by atoms with Gasteiger partial charge in [-0.1, -0.05) is 18.2 Å². The van der Waals surface area contributed by atoms with E-state index >= 15 is 0 Å². The third-order valence-corrected chi connectivity index (χ3v) is 8.67. The van der Waals surface area contributed by atoms with Gasteiger partial charge in [0, 0.05) is 29.3 Å². The van der Waals surface area contributed by atoms with Crippen LogP contribution in [0.3, 0.4) is 0 Å². The molecule has 2 heterocycles. The molecule has 1 unspecified atom stereocenters. The van der Waals surface area contributed by atoms with Crippen LogP contribution in [0.5, 0.6) is 0 Å². The summed E-state index contributed by atoms with van der Waals surface area (Å²) in [6, 6.07) is 8.43. The number of aryl methyl sites for hydroxylation is 1. The Morgan fingerprint density at radius 2 is 1.92 bits per heavy atom. The lowest BCUT2D eigenvalue weighted by Gasteiger charge is -2.33. The number of likely N-dealkylation sites (tertiary alicyclic amines) is 1. The third-order valence-electron chi connectivity index (χ3n) is 5.40. The van der Waals surface area contributed by atoms with E-state index in [9.17, 15) is 13.2 Å². The number of benzene rings is 1. The van der Waals surface area contributed by atoms with Crippen molar-refractivity contribution in [2.24, 2.45) is 0 Å². The molecule has 2 fully saturated rings. The highest BCUT2D eigenvalue weighted by atomic mass is 32.2. The maximum Gasteiger partial charge on any atom is 0.236 e. The van der Waals surface area contributed by atoms with Gasteiger partial charge in [-0.3, -0.25) is 9.69 Å². The monoisotopic (exact) mass is 396 g/mol. The molecule has 7 heteroatoms. The fourth-order valence-corrected chi connectivity index (χ4v) is 6.68. The Hall–Kier alpha value is -1.05. The van der Waals surface area contributed by atoms with E-state index in [4.69, 9.17) is 0 Å². The quantitative estimate of drug-likeness (QED) is 0.764. The van der Waals surface area contributed by atoms with Gasteiger partial charge in [0.05, 0.1) is 18.1 Å². The Labute approximate surface area is 161 Å². The summed E-state index contributed by atoms with van der Waals surface area (Å²) in [6.07, 6.45) is 2.65. The average molecular weight is 397 g/mol. The maximum atomic E-state index is 12.6. The van der Waals surface area contributed by atoms with Gasteiger partial charge in [-0.15, -0.1) is 11.8 Å². The summed E-state index contributed by atoms with van der Waals surface area (Å²) >= 11 is 1.92. The molecule has 26 heavy (non-hydrogen) atoms. The molecule has 2 saturated heterocycles. The van der Waals surface area contributed by atoms with E-state index in [2.05, 4.69) is 31.2 Å². The highest BCUT2D eigenvalue weighted by molar-refractivity contribution is 8.00. The normalized spacial score (nSPS) is 23.5. The van der Waals surface area contributed by atoms with Gasteiger partial charge in [-0.2, -0.15) is 0 Å². The van der Waals surface area contributed by atoms with Crippen molar-refractivity contribution in [2.45, 2.75) is 42.4 Å². The van der Waals surface area contributed by atoms with E-state index in [1.807, 2.05) is 28.6 Å². The summed E-state index contributed by atoms with van der Waals surface area (Å²) < 4.78 is 23.2. The summed E-state index contributed by atoms with van der Waals surface area (Å²) in [5, 5.41) is 0.554. The molecule has 0 radical (unpaired) electrons. The second-order valence-electron chi connectivity index (χ2n) is 7.44. The molecule has 0 aromatic heterocycles. The lowest BCUT2D eigenvalue weighted by molar-refractivity contribution is -0.133. The van der Waals surface area contributed by atoms with Crippen LogP contribution >= 0.6 is 11.8 Å². The third kappa shape index (κ3) is 5.02. The van der Waals surface area contributed by atoms with Crippen LogP contribution in [0.1, 0.15) is 24.8 Å². The number of likely N-dealkylation sites (N-methyl/N-ethyl adjacent to an activating group) is 1. The molecule has 0 N–H and O–H groups in total. The summed E-state index contributed by atoms with van der Waals surface area (Å²) in [4.78, 5) is 17.8. The van der Waals surface area contributed by atoms with Crippen LogP contribution < -0.4 is 0 Å². The van der Waals surface area contributed by atoms with Gasteiger partial charge >= 0.3 is 0 Å². The molecule has 144 valence electrons. The molecule has 1 amide bonds. The molecular weight excluding hydrogens is 368 g/mol. The highest BCUT2D eigenvalue weighted by Crippen LogP contribution is 2.32. The van der Waals surface area contributed by atoms with Crippen LogP contribution in [0, 0.1) is 6.92 Å². The zero-order valence-corrected chi connectivity index (χ0v) is 17.2. The van der Waals surface area contributed by atoms with Gasteiger partial charge in [0.25, 0.3) is 0 Å². The predicted molar refractivity (Wildman–Crippen MR) is 106 cm³/mol. The molecule has 1 aromatic rings. The van der Waals surface area contributed by atoms with Crippen LogP contribution in [-0.4, -0.2) is 73.6 Å². The Kier molecular flexibility index (Phi) is 6.30. The molecule has 0 bridgehead atoms. The van der Waals surface area contributed by atoms with Crippen LogP contribution in [0.15, 0.2) is 29.2 Å². The van der Waals surface area contributed by atoms with Gasteiger partial charge in [0.1, 0.15) is 0 Å². The molecule has 1 atom stereocenters. The molecule has 2 aliphatic heterocycles. The summed E-state index contributed by atoms with van der Waals surface area (Å²) in [7, 11) is -1.05. The molecule has 2 aliphatic rings. The number of carbonyl (C=O) groups is 1. The number of hydrogen-bond donors (Lipinski definition) is 0. The lowest BCUT2D eigenvalue weighted by Crippen LogP contribution is -2.46. The van der Waals surface area contributed by atoms with E-state index in [1.54, 1.807) is 0 Å². The summed E-state index contributed by atoms with van der Waals surface area (Å²) in [5.74, 6) is 0.556. The zero-order chi connectivity index (χ0) is 18.7. The first-order chi connectivity index (χ1) is 12.3. The van der Waals surface area contributed by atoms with Gasteiger partial charge in [-0.05, 0) is 44.9 Å². The van der Waals surface area contributed by atoms with Crippen LogP contribution in [-0.2, 0) is 14.6 Å². The second-order valence-corrected chi connectivity index (χ2v) is 11.0. The Bertz CT molecular complexity index is 743. The lowest BCUT2D eigenvalue weighted by atomic mass is 10.1. The number of sulfone groups is 1. The van der Waals surface area contributed by atoms with E-state index in [0.717, 1.165) is 25.9 Å². The van der Waals surface area contributed by atoms with E-state index in [0.29, 0.717) is 18.2 Å². The fraction of sp³-hybridized carbons (Fsp3) is 0.632. The Morgan fingerprint density at radius 1 is 1.23 bits per heavy atom. The van der Waals surface area contributed by atoms with Gasteiger partial charge in [0.2, 0.25) is 5.91 Å². The van der Waals surface area contributed by atoms with E-state index in [-0.39, 0.29) is 23.5 Å². The number of carbonyl (C=O) groups excluding carboxylic acids is 1. The van der Waals surface area contributed by atoms with Crippen molar-refractivity contribution in [2.75, 3.05) is 38.2 Å². The van der Waals surface area contributed by atoms with E-state index < -0.39 is 9.84 Å². The largest absolute Gasteiger partial charge is 0.342 e. The first-order valence-corrected chi connectivity index (χ1v) is 11.9. The number of nitrogens with zero attached hydrogens (tertiary/aromatic N) is 2. The minimum absolute atomic E-state index is 0.0156. The smallest absolute Gasteiger partial charge is 0.236 e. The first-order valence-electron chi connectivity index (χ1n) is 9.25. The number of amides is 1. The molecule has 3 rings (SSSR count). The van der Waals surface area contributed by atoms with Crippen LogP contribution in [0.4, 0.5) is 0 Å². The average Bonchev–Trinajstić information content (AvgIpc) is 2.97. The fourth-order valence-electron chi connectivity index (χ4n) is 3.66. The summed E-state index contributed by atoms with van der Waals surface area (Å²) in [6.45, 7) is 4.04. The minimum Gasteiger partial charge on any atom is -0.342 e. The van der Waals surface area contributed by atoms with Crippen LogP contribution in [0.25, 0.3) is 0 Å². The second kappa shape index (κ2) is 8.31. The van der Waals surface area contributed by atoms with Crippen molar-refractivity contribution in [1.82, 2.24) is 9.80 Å². The van der Waals surface area contributed by atoms with Crippen molar-refractivity contribution in [3.8, 4) is 0 Å². The molecule has 0 spiro atoms. The van der Waals surface area contributed by atoms with Crippen molar-refractivity contribution < 1.29 is 13.2 Å². The van der Waals surface area contributed by atoms with E-state index in [1.165, 1.54) is 10.5 Å². The van der Waals surface area contributed by atoms with Gasteiger partial charge in [-0.25, -0.2) is 8.42 Å². The number of rotatable bonds is 5. The first kappa shape index (κ1) is 19.7. The minimum atomic E-state index is -2.91. The standard InChI is InChI=1S/C19H28N2O3S2/c1-15-5-3-4-6-18(15)25-17-7-10-21(11-8-17)19(22)13-20(2)16-9-12-26(23,24)14-16/h3-6,16-17H,7-14H2,1-2H3. The predicted octanol–water partition coefficient (Wildman–Crippen LogP) is 2.20. The Balaban J connectivity index is 1.45.